The van der Waals surface area contributed by atoms with Gasteiger partial charge in [0.25, 0.3) is 5.65 Å². The number of imidazole rings is 1. The average Bonchev–Trinajstić information content (AvgIpc) is 2.97. The van der Waals surface area contributed by atoms with Gasteiger partial charge in [-0.1, -0.05) is 30.3 Å². The molecule has 0 aliphatic heterocycles. The van der Waals surface area contributed by atoms with Crippen molar-refractivity contribution in [2.75, 3.05) is 0 Å². The van der Waals surface area contributed by atoms with Gasteiger partial charge < -0.3 is 4.74 Å². The van der Waals surface area contributed by atoms with Crippen LogP contribution in [-0.4, -0.2) is 10.5 Å². The summed E-state index contributed by atoms with van der Waals surface area (Å²) in [5.41, 5.74) is 6.08. The second kappa shape index (κ2) is 5.71. The van der Waals surface area contributed by atoms with Crippen LogP contribution in [-0.2, 0) is 7.05 Å². The van der Waals surface area contributed by atoms with E-state index in [1.807, 2.05) is 0 Å². The molecule has 134 valence electrons. The van der Waals surface area contributed by atoms with Crippen molar-refractivity contribution in [3.8, 4) is 5.75 Å². The van der Waals surface area contributed by atoms with Gasteiger partial charge in [-0.25, -0.2) is 4.57 Å². The maximum atomic E-state index is 6.11. The highest BCUT2D eigenvalue weighted by Crippen LogP contribution is 2.36. The molecule has 0 amide bonds. The molecule has 0 spiro atoms. The van der Waals surface area contributed by atoms with Crippen LogP contribution in [0.25, 0.3) is 38.4 Å². The predicted octanol–water partition coefficient (Wildman–Crippen LogP) is 5.32. The molecule has 0 bridgehead atoms. The van der Waals surface area contributed by atoms with E-state index in [2.05, 4.69) is 97.5 Å². The van der Waals surface area contributed by atoms with E-state index in [4.69, 9.17) is 4.74 Å². The number of rotatable bonds is 2. The SMILES string of the molecule is Cc1c(OC(C)C)ccc2c3ccccc3n3c4ccccc4[n+](C)c3c12. The molecule has 27 heavy (non-hydrogen) atoms. The Morgan fingerprint density at radius 3 is 2.33 bits per heavy atom. The summed E-state index contributed by atoms with van der Waals surface area (Å²) >= 11 is 0. The lowest BCUT2D eigenvalue weighted by atomic mass is 10.0. The topological polar surface area (TPSA) is 17.5 Å². The highest BCUT2D eigenvalue weighted by molar-refractivity contribution is 6.14. The van der Waals surface area contributed by atoms with E-state index in [1.54, 1.807) is 0 Å². The van der Waals surface area contributed by atoms with Crippen LogP contribution in [0.5, 0.6) is 5.75 Å². The van der Waals surface area contributed by atoms with Gasteiger partial charge in [-0.3, -0.25) is 0 Å². The molecular formula is C24H23N2O+. The normalized spacial score (nSPS) is 12.0. The molecule has 5 aromatic rings. The van der Waals surface area contributed by atoms with Crippen molar-refractivity contribution in [1.82, 2.24) is 4.40 Å². The quantitative estimate of drug-likeness (QED) is 0.309. The maximum Gasteiger partial charge on any atom is 0.295 e. The zero-order valence-corrected chi connectivity index (χ0v) is 16.2. The summed E-state index contributed by atoms with van der Waals surface area (Å²) in [5.74, 6) is 0.958. The van der Waals surface area contributed by atoms with Crippen LogP contribution in [0.1, 0.15) is 19.4 Å². The Hall–Kier alpha value is -3.07. The van der Waals surface area contributed by atoms with Gasteiger partial charge in [0, 0.05) is 16.3 Å². The van der Waals surface area contributed by atoms with Crippen LogP contribution in [0.3, 0.4) is 0 Å². The number of aromatic nitrogens is 2. The molecule has 3 aromatic carbocycles. The van der Waals surface area contributed by atoms with E-state index in [0.29, 0.717) is 0 Å². The lowest BCUT2D eigenvalue weighted by Crippen LogP contribution is -2.27. The second-order valence-corrected chi connectivity index (χ2v) is 7.50. The minimum atomic E-state index is 0.150. The third-order valence-electron chi connectivity index (χ3n) is 5.45. The van der Waals surface area contributed by atoms with Gasteiger partial charge in [-0.2, -0.15) is 4.40 Å². The number of pyridine rings is 1. The fourth-order valence-electron chi connectivity index (χ4n) is 4.32. The molecule has 0 fully saturated rings. The Morgan fingerprint density at radius 2 is 1.56 bits per heavy atom. The number of nitrogens with zero attached hydrogens (tertiary/aromatic N) is 2. The monoisotopic (exact) mass is 355 g/mol. The van der Waals surface area contributed by atoms with E-state index in [0.717, 1.165) is 5.75 Å². The minimum Gasteiger partial charge on any atom is -0.491 e. The van der Waals surface area contributed by atoms with E-state index in [9.17, 15) is 0 Å². The zero-order chi connectivity index (χ0) is 18.7. The van der Waals surface area contributed by atoms with Crippen molar-refractivity contribution in [1.29, 1.82) is 0 Å². The molecule has 0 radical (unpaired) electrons. The summed E-state index contributed by atoms with van der Waals surface area (Å²) in [6, 6.07) is 21.6. The van der Waals surface area contributed by atoms with Gasteiger partial charge in [-0.05, 0) is 51.1 Å². The molecule has 0 saturated carbocycles. The second-order valence-electron chi connectivity index (χ2n) is 7.50. The summed E-state index contributed by atoms with van der Waals surface area (Å²) in [7, 11) is 2.15. The molecule has 0 unspecified atom stereocenters. The number of ether oxygens (including phenoxy) is 1. The Labute approximate surface area is 158 Å². The molecule has 0 saturated heterocycles. The molecule has 3 heteroatoms. The third-order valence-corrected chi connectivity index (χ3v) is 5.45. The first-order valence-electron chi connectivity index (χ1n) is 9.48. The van der Waals surface area contributed by atoms with Crippen molar-refractivity contribution < 1.29 is 9.30 Å². The number of para-hydroxylation sites is 3. The number of fused-ring (bicyclic) bond motifs is 8. The van der Waals surface area contributed by atoms with Crippen molar-refractivity contribution in [2.45, 2.75) is 26.9 Å². The summed E-state index contributed by atoms with van der Waals surface area (Å²) in [6.45, 7) is 6.32. The Balaban J connectivity index is 2.12. The molecule has 3 nitrogen and oxygen atoms in total. The smallest absolute Gasteiger partial charge is 0.295 e. The van der Waals surface area contributed by atoms with Gasteiger partial charge in [0.1, 0.15) is 11.3 Å². The lowest BCUT2D eigenvalue weighted by molar-refractivity contribution is -0.617. The Kier molecular flexibility index (Phi) is 3.41. The molecule has 0 aliphatic rings. The fourth-order valence-corrected chi connectivity index (χ4v) is 4.32. The molecule has 2 heterocycles. The number of aryl methyl sites for hydroxylation is 2. The van der Waals surface area contributed by atoms with E-state index < -0.39 is 0 Å². The molecule has 0 aliphatic carbocycles. The molecular weight excluding hydrogens is 332 g/mol. The first-order chi connectivity index (χ1) is 13.1. The highest BCUT2D eigenvalue weighted by Gasteiger charge is 2.24. The number of hydrogen-bond donors (Lipinski definition) is 0. The molecule has 0 N–H and O–H groups in total. The van der Waals surface area contributed by atoms with Gasteiger partial charge >= 0.3 is 0 Å². The van der Waals surface area contributed by atoms with Crippen molar-refractivity contribution in [3.05, 3.63) is 66.2 Å². The molecule has 0 atom stereocenters. The van der Waals surface area contributed by atoms with E-state index in [-0.39, 0.29) is 6.10 Å². The van der Waals surface area contributed by atoms with Crippen LogP contribution in [0.4, 0.5) is 0 Å². The first kappa shape index (κ1) is 16.1. The zero-order valence-electron chi connectivity index (χ0n) is 16.2. The van der Waals surface area contributed by atoms with Crippen molar-refractivity contribution >= 4 is 38.4 Å². The standard InChI is InChI=1S/C24H23N2O/c1-15(2)27-22-14-13-18-17-9-5-6-10-19(17)26-21-12-8-7-11-20(21)25(4)24(26)23(18)16(22)3/h5-15H,1-4H3/q+1. The van der Waals surface area contributed by atoms with Crippen LogP contribution >= 0.6 is 0 Å². The Bertz CT molecular complexity index is 1350. The number of benzene rings is 3. The third kappa shape index (κ3) is 2.18. The van der Waals surface area contributed by atoms with E-state index >= 15 is 0 Å². The van der Waals surface area contributed by atoms with Crippen molar-refractivity contribution in [3.63, 3.8) is 0 Å². The molecule has 5 rings (SSSR count). The Morgan fingerprint density at radius 1 is 0.852 bits per heavy atom. The van der Waals surface area contributed by atoms with Crippen molar-refractivity contribution in [2.24, 2.45) is 7.05 Å². The fraction of sp³-hybridized carbons (Fsp3) is 0.208. The van der Waals surface area contributed by atoms with E-state index in [1.165, 1.54) is 43.9 Å². The van der Waals surface area contributed by atoms with Crippen LogP contribution in [0, 0.1) is 6.92 Å². The van der Waals surface area contributed by atoms with Crippen LogP contribution < -0.4 is 9.30 Å². The summed E-state index contributed by atoms with van der Waals surface area (Å²) in [6.07, 6.45) is 0.150. The first-order valence-corrected chi connectivity index (χ1v) is 9.48. The largest absolute Gasteiger partial charge is 0.491 e. The summed E-state index contributed by atoms with van der Waals surface area (Å²) in [4.78, 5) is 0. The highest BCUT2D eigenvalue weighted by atomic mass is 16.5. The minimum absolute atomic E-state index is 0.150. The average molecular weight is 355 g/mol. The predicted molar refractivity (Wildman–Crippen MR) is 112 cm³/mol. The summed E-state index contributed by atoms with van der Waals surface area (Å²) < 4.78 is 10.8. The number of hydrogen-bond acceptors (Lipinski definition) is 1. The summed E-state index contributed by atoms with van der Waals surface area (Å²) in [5, 5.41) is 3.79. The van der Waals surface area contributed by atoms with Crippen LogP contribution in [0.2, 0.25) is 0 Å². The van der Waals surface area contributed by atoms with Gasteiger partial charge in [0.15, 0.2) is 11.0 Å². The van der Waals surface area contributed by atoms with Gasteiger partial charge in [0.05, 0.1) is 18.5 Å². The van der Waals surface area contributed by atoms with Gasteiger partial charge in [0.2, 0.25) is 0 Å². The van der Waals surface area contributed by atoms with Gasteiger partial charge in [-0.15, -0.1) is 0 Å². The lowest BCUT2D eigenvalue weighted by Gasteiger charge is -2.15. The maximum absolute atomic E-state index is 6.11. The molecule has 2 aromatic heterocycles. The van der Waals surface area contributed by atoms with Crippen LogP contribution in [0.15, 0.2) is 60.7 Å².